The van der Waals surface area contributed by atoms with Crippen LogP contribution in [0.25, 0.3) is 0 Å². The first kappa shape index (κ1) is 24.9. The molecule has 1 amide bonds. The van der Waals surface area contributed by atoms with Crippen molar-refractivity contribution in [2.75, 3.05) is 34.2 Å². The number of carbonyl (C=O) groups is 1. The van der Waals surface area contributed by atoms with Crippen LogP contribution < -0.4 is 10.6 Å². The van der Waals surface area contributed by atoms with E-state index in [1.165, 1.54) is 5.56 Å². The lowest BCUT2D eigenvalue weighted by atomic mass is 9.85. The number of aliphatic imine (C=N–C) groups is 1. The third-order valence-electron chi connectivity index (χ3n) is 4.76. The van der Waals surface area contributed by atoms with Crippen LogP contribution in [-0.4, -0.2) is 51.0 Å². The molecule has 158 valence electrons. The molecule has 6 heteroatoms. The average molecular weight is 508 g/mol. The first-order valence-corrected chi connectivity index (χ1v) is 9.64. The Morgan fingerprint density at radius 2 is 1.72 bits per heavy atom. The van der Waals surface area contributed by atoms with E-state index < -0.39 is 0 Å². The van der Waals surface area contributed by atoms with Crippen molar-refractivity contribution in [3.05, 3.63) is 71.3 Å². The van der Waals surface area contributed by atoms with E-state index in [1.54, 1.807) is 26.0 Å². The number of amides is 1. The molecule has 0 heterocycles. The molecule has 0 saturated heterocycles. The van der Waals surface area contributed by atoms with Crippen molar-refractivity contribution in [3.8, 4) is 0 Å². The summed E-state index contributed by atoms with van der Waals surface area (Å²) in [7, 11) is 5.31. The molecule has 0 fully saturated rings. The fourth-order valence-corrected chi connectivity index (χ4v) is 2.96. The minimum atomic E-state index is -0.000246. The highest BCUT2D eigenvalue weighted by molar-refractivity contribution is 14.0. The van der Waals surface area contributed by atoms with Gasteiger partial charge in [0.15, 0.2) is 5.96 Å². The fourth-order valence-electron chi connectivity index (χ4n) is 2.96. The van der Waals surface area contributed by atoms with E-state index >= 15 is 0 Å². The summed E-state index contributed by atoms with van der Waals surface area (Å²) in [6.07, 6.45) is 0.817. The molecule has 0 atom stereocenters. The number of carbonyl (C=O) groups excluding carboxylic acids is 1. The number of hydrogen-bond acceptors (Lipinski definition) is 2. The van der Waals surface area contributed by atoms with Crippen LogP contribution in [0.4, 0.5) is 0 Å². The third-order valence-corrected chi connectivity index (χ3v) is 4.76. The van der Waals surface area contributed by atoms with Gasteiger partial charge in [-0.05, 0) is 29.7 Å². The van der Waals surface area contributed by atoms with Gasteiger partial charge in [-0.3, -0.25) is 9.79 Å². The summed E-state index contributed by atoms with van der Waals surface area (Å²) >= 11 is 0. The smallest absolute Gasteiger partial charge is 0.253 e. The van der Waals surface area contributed by atoms with Crippen LogP contribution in [0.15, 0.2) is 59.6 Å². The lowest BCUT2D eigenvalue weighted by Crippen LogP contribution is -2.44. The predicted octanol–water partition coefficient (Wildman–Crippen LogP) is 3.69. The van der Waals surface area contributed by atoms with Crippen LogP contribution in [0.5, 0.6) is 0 Å². The van der Waals surface area contributed by atoms with Crippen LogP contribution in [0.1, 0.15) is 35.3 Å². The average Bonchev–Trinajstić information content (AvgIpc) is 2.70. The van der Waals surface area contributed by atoms with Crippen molar-refractivity contribution in [3.63, 3.8) is 0 Å². The Morgan fingerprint density at radius 1 is 1.03 bits per heavy atom. The maximum absolute atomic E-state index is 12.1. The molecule has 5 nitrogen and oxygen atoms in total. The molecule has 0 aromatic heterocycles. The van der Waals surface area contributed by atoms with E-state index in [1.807, 2.05) is 30.3 Å². The minimum absolute atomic E-state index is 0. The van der Waals surface area contributed by atoms with Gasteiger partial charge in [0, 0.05) is 45.2 Å². The van der Waals surface area contributed by atoms with Gasteiger partial charge >= 0.3 is 0 Å². The summed E-state index contributed by atoms with van der Waals surface area (Å²) in [5.41, 5.74) is 3.13. The van der Waals surface area contributed by atoms with Gasteiger partial charge in [-0.1, -0.05) is 56.3 Å². The van der Waals surface area contributed by atoms with Gasteiger partial charge in [-0.2, -0.15) is 0 Å². The van der Waals surface area contributed by atoms with E-state index in [9.17, 15) is 4.79 Å². The number of halogens is 1. The standard InChI is InChI=1S/C23H32N4O.HI/c1-23(2,20-12-7-6-8-13-20)17-26-22(24-3)25-15-14-18-10-9-11-19(16-18)21(28)27(4)5;/h6-13,16H,14-15,17H2,1-5H3,(H2,24,25,26);1H. The summed E-state index contributed by atoms with van der Waals surface area (Å²) in [4.78, 5) is 18.0. The molecular formula is C23H33IN4O. The first-order chi connectivity index (χ1) is 13.3. The zero-order chi connectivity index (χ0) is 20.6. The normalized spacial score (nSPS) is 11.4. The Morgan fingerprint density at radius 3 is 2.34 bits per heavy atom. The van der Waals surface area contributed by atoms with Crippen LogP contribution >= 0.6 is 24.0 Å². The largest absolute Gasteiger partial charge is 0.356 e. The summed E-state index contributed by atoms with van der Waals surface area (Å²) in [5, 5.41) is 6.77. The van der Waals surface area contributed by atoms with Gasteiger partial charge in [-0.15, -0.1) is 24.0 Å². The Kier molecular flexibility index (Phi) is 10.2. The van der Waals surface area contributed by atoms with E-state index in [0.29, 0.717) is 0 Å². The molecular weight excluding hydrogens is 475 g/mol. The molecule has 2 aromatic carbocycles. The van der Waals surface area contributed by atoms with Crippen molar-refractivity contribution in [2.24, 2.45) is 4.99 Å². The van der Waals surface area contributed by atoms with Crippen LogP contribution in [-0.2, 0) is 11.8 Å². The zero-order valence-electron chi connectivity index (χ0n) is 18.0. The maximum atomic E-state index is 12.1. The molecule has 2 aromatic rings. The summed E-state index contributed by atoms with van der Waals surface area (Å²) in [6.45, 7) is 5.96. The van der Waals surface area contributed by atoms with Crippen LogP contribution in [0.3, 0.4) is 0 Å². The molecule has 0 spiro atoms. The molecule has 0 saturated carbocycles. The van der Waals surface area contributed by atoms with E-state index in [-0.39, 0.29) is 35.3 Å². The molecule has 2 N–H and O–H groups in total. The van der Waals surface area contributed by atoms with Crippen molar-refractivity contribution in [1.29, 1.82) is 0 Å². The quantitative estimate of drug-likeness (QED) is 0.341. The number of nitrogens with one attached hydrogen (secondary N) is 2. The number of rotatable bonds is 7. The Labute approximate surface area is 192 Å². The Hall–Kier alpha value is -2.09. The number of benzene rings is 2. The van der Waals surface area contributed by atoms with Gasteiger partial charge in [0.2, 0.25) is 0 Å². The van der Waals surface area contributed by atoms with E-state index in [2.05, 4.69) is 53.7 Å². The lowest BCUT2D eigenvalue weighted by Gasteiger charge is -2.26. The summed E-state index contributed by atoms with van der Waals surface area (Å²) < 4.78 is 0. The van der Waals surface area contributed by atoms with Crippen LogP contribution in [0.2, 0.25) is 0 Å². The Bertz CT molecular complexity index is 804. The van der Waals surface area contributed by atoms with Gasteiger partial charge in [0.05, 0.1) is 0 Å². The highest BCUT2D eigenvalue weighted by atomic mass is 127. The van der Waals surface area contributed by atoms with Crippen LogP contribution in [0, 0.1) is 0 Å². The molecule has 0 bridgehead atoms. The fraction of sp³-hybridized carbons (Fsp3) is 0.391. The second-order valence-corrected chi connectivity index (χ2v) is 7.75. The molecule has 0 aliphatic carbocycles. The van der Waals surface area contributed by atoms with Gasteiger partial charge < -0.3 is 15.5 Å². The van der Waals surface area contributed by atoms with Crippen molar-refractivity contribution >= 4 is 35.8 Å². The van der Waals surface area contributed by atoms with E-state index in [4.69, 9.17) is 0 Å². The monoisotopic (exact) mass is 508 g/mol. The SMILES string of the molecule is CN=C(NCCc1cccc(C(=O)N(C)C)c1)NCC(C)(C)c1ccccc1.I. The van der Waals surface area contributed by atoms with E-state index in [0.717, 1.165) is 36.6 Å². The minimum Gasteiger partial charge on any atom is -0.356 e. The topological polar surface area (TPSA) is 56.7 Å². The summed E-state index contributed by atoms with van der Waals surface area (Å²) in [5.74, 6) is 0.806. The second-order valence-electron chi connectivity index (χ2n) is 7.75. The summed E-state index contributed by atoms with van der Waals surface area (Å²) in [6, 6.07) is 18.3. The third kappa shape index (κ3) is 7.68. The zero-order valence-corrected chi connectivity index (χ0v) is 20.4. The maximum Gasteiger partial charge on any atom is 0.253 e. The highest BCUT2D eigenvalue weighted by Crippen LogP contribution is 2.21. The van der Waals surface area contributed by atoms with Crippen molar-refractivity contribution in [1.82, 2.24) is 15.5 Å². The molecule has 0 aliphatic heterocycles. The Balaban J connectivity index is 0.00000420. The number of guanidine groups is 1. The number of nitrogens with zero attached hydrogens (tertiary/aromatic N) is 2. The molecule has 0 radical (unpaired) electrons. The van der Waals surface area contributed by atoms with Gasteiger partial charge in [0.1, 0.15) is 0 Å². The first-order valence-electron chi connectivity index (χ1n) is 9.64. The molecule has 2 rings (SSSR count). The van der Waals surface area contributed by atoms with Crippen molar-refractivity contribution in [2.45, 2.75) is 25.7 Å². The predicted molar refractivity (Wildman–Crippen MR) is 132 cm³/mol. The molecule has 0 aliphatic rings. The van der Waals surface area contributed by atoms with Gasteiger partial charge in [-0.25, -0.2) is 0 Å². The molecule has 0 unspecified atom stereocenters. The van der Waals surface area contributed by atoms with Crippen molar-refractivity contribution < 1.29 is 4.79 Å². The molecule has 29 heavy (non-hydrogen) atoms. The lowest BCUT2D eigenvalue weighted by molar-refractivity contribution is 0.0827. The second kappa shape index (κ2) is 11.8. The van der Waals surface area contributed by atoms with Gasteiger partial charge in [0.25, 0.3) is 5.91 Å². The highest BCUT2D eigenvalue weighted by Gasteiger charge is 2.20. The number of hydrogen-bond donors (Lipinski definition) is 2.